The monoisotopic (exact) mass is 466 g/mol. The lowest BCUT2D eigenvalue weighted by molar-refractivity contribution is -0.120. The van der Waals surface area contributed by atoms with Crippen LogP contribution in [0.1, 0.15) is 22.4 Å². The number of methoxy groups -OCH3 is 1. The highest BCUT2D eigenvalue weighted by Gasteiger charge is 2.10. The molecule has 3 rings (SSSR count). The first-order valence-corrected chi connectivity index (χ1v) is 11.3. The highest BCUT2D eigenvalue weighted by Crippen LogP contribution is 2.16. The summed E-state index contributed by atoms with van der Waals surface area (Å²) < 4.78 is 5.18. The first kappa shape index (κ1) is 24.1. The normalized spacial score (nSPS) is 10.5. The van der Waals surface area contributed by atoms with Gasteiger partial charge in [0.2, 0.25) is 11.8 Å². The molecule has 0 saturated heterocycles. The Labute approximate surface area is 196 Å². The number of nitrogens with zero attached hydrogens (tertiary/aromatic N) is 1. The Morgan fingerprint density at radius 1 is 1.06 bits per heavy atom. The molecule has 0 saturated carbocycles. The SMILES string of the molecule is COc1cccc(CNC(=O)Cc2cc(=O)[nH]c(SCC(=O)Nc3cc(C)cc(C)c3)n2)c1. The van der Waals surface area contributed by atoms with Crippen molar-refractivity contribution in [1.29, 1.82) is 0 Å². The molecule has 0 unspecified atom stereocenters. The minimum atomic E-state index is -0.377. The van der Waals surface area contributed by atoms with Gasteiger partial charge in [-0.05, 0) is 54.8 Å². The Morgan fingerprint density at radius 3 is 2.55 bits per heavy atom. The third-order valence-corrected chi connectivity index (χ3v) is 5.46. The van der Waals surface area contributed by atoms with Crippen molar-refractivity contribution in [3.63, 3.8) is 0 Å². The second kappa shape index (κ2) is 11.3. The van der Waals surface area contributed by atoms with Crippen LogP contribution in [0.2, 0.25) is 0 Å². The fourth-order valence-corrected chi connectivity index (χ4v) is 3.92. The molecule has 0 radical (unpaired) electrons. The summed E-state index contributed by atoms with van der Waals surface area (Å²) in [5.74, 6) is 0.302. The van der Waals surface area contributed by atoms with Gasteiger partial charge in [-0.1, -0.05) is 30.0 Å². The number of nitrogens with one attached hydrogen (secondary N) is 3. The summed E-state index contributed by atoms with van der Waals surface area (Å²) >= 11 is 1.10. The standard InChI is InChI=1S/C24H26N4O4S/c1-15-7-16(2)9-18(8-15)26-23(31)14-33-24-27-19(12-22(30)28-24)11-21(29)25-13-17-5-4-6-20(10-17)32-3/h4-10,12H,11,13-14H2,1-3H3,(H,25,29)(H,26,31)(H,27,28,30). The smallest absolute Gasteiger partial charge is 0.251 e. The van der Waals surface area contributed by atoms with Crippen LogP contribution >= 0.6 is 11.8 Å². The number of hydrogen-bond donors (Lipinski definition) is 3. The number of benzene rings is 2. The predicted molar refractivity (Wildman–Crippen MR) is 129 cm³/mol. The number of carbonyl (C=O) groups is 2. The van der Waals surface area contributed by atoms with Crippen molar-refractivity contribution in [2.75, 3.05) is 18.2 Å². The van der Waals surface area contributed by atoms with Crippen LogP contribution in [0.5, 0.6) is 5.75 Å². The summed E-state index contributed by atoms with van der Waals surface area (Å²) in [6.07, 6.45) is -0.0454. The molecular formula is C24H26N4O4S. The van der Waals surface area contributed by atoms with E-state index in [4.69, 9.17) is 4.74 Å². The topological polar surface area (TPSA) is 113 Å². The molecule has 9 heteroatoms. The number of anilines is 1. The molecule has 1 heterocycles. The number of carbonyl (C=O) groups excluding carboxylic acids is 2. The Balaban J connectivity index is 1.54. The number of aromatic nitrogens is 2. The van der Waals surface area contributed by atoms with Gasteiger partial charge in [-0.25, -0.2) is 4.98 Å². The van der Waals surface area contributed by atoms with E-state index in [0.717, 1.165) is 34.1 Å². The number of amides is 2. The van der Waals surface area contributed by atoms with E-state index in [1.807, 2.05) is 56.3 Å². The molecule has 8 nitrogen and oxygen atoms in total. The fraction of sp³-hybridized carbons (Fsp3) is 0.250. The summed E-state index contributed by atoms with van der Waals surface area (Å²) in [6.45, 7) is 4.26. The maximum atomic E-state index is 12.3. The number of H-pyrrole nitrogens is 1. The molecule has 172 valence electrons. The molecule has 0 aliphatic carbocycles. The zero-order chi connectivity index (χ0) is 23.8. The van der Waals surface area contributed by atoms with Gasteiger partial charge in [-0.3, -0.25) is 14.4 Å². The van der Waals surface area contributed by atoms with Gasteiger partial charge < -0.3 is 20.4 Å². The van der Waals surface area contributed by atoms with Gasteiger partial charge in [-0.15, -0.1) is 0 Å². The van der Waals surface area contributed by atoms with Gasteiger partial charge in [0.25, 0.3) is 5.56 Å². The van der Waals surface area contributed by atoms with Crippen molar-refractivity contribution in [1.82, 2.24) is 15.3 Å². The van der Waals surface area contributed by atoms with Crippen LogP contribution in [-0.2, 0) is 22.6 Å². The number of ether oxygens (including phenoxy) is 1. The molecule has 0 atom stereocenters. The summed E-state index contributed by atoms with van der Waals surface area (Å²) in [4.78, 5) is 43.5. The third kappa shape index (κ3) is 7.80. The largest absolute Gasteiger partial charge is 0.497 e. The number of rotatable bonds is 9. The van der Waals surface area contributed by atoms with E-state index in [-0.39, 0.29) is 34.7 Å². The van der Waals surface area contributed by atoms with E-state index in [9.17, 15) is 14.4 Å². The lowest BCUT2D eigenvalue weighted by atomic mass is 10.1. The van der Waals surface area contributed by atoms with Crippen LogP contribution in [0.3, 0.4) is 0 Å². The van der Waals surface area contributed by atoms with E-state index in [1.54, 1.807) is 7.11 Å². The van der Waals surface area contributed by atoms with Crippen molar-refractivity contribution >= 4 is 29.3 Å². The maximum Gasteiger partial charge on any atom is 0.251 e. The number of hydrogen-bond acceptors (Lipinski definition) is 6. The van der Waals surface area contributed by atoms with Gasteiger partial charge in [-0.2, -0.15) is 0 Å². The predicted octanol–water partition coefficient (Wildman–Crippen LogP) is 2.99. The highest BCUT2D eigenvalue weighted by molar-refractivity contribution is 7.99. The van der Waals surface area contributed by atoms with E-state index in [1.165, 1.54) is 6.07 Å². The number of aryl methyl sites for hydroxylation is 2. The Bertz CT molecular complexity index is 1190. The molecule has 0 aliphatic rings. The van der Waals surface area contributed by atoms with Crippen LogP contribution < -0.4 is 20.9 Å². The Kier molecular flexibility index (Phi) is 8.26. The molecule has 0 fully saturated rings. The third-order valence-electron chi connectivity index (χ3n) is 4.58. The lowest BCUT2D eigenvalue weighted by Gasteiger charge is -2.08. The first-order chi connectivity index (χ1) is 15.8. The van der Waals surface area contributed by atoms with Crippen LogP contribution in [-0.4, -0.2) is 34.6 Å². The zero-order valence-corrected chi connectivity index (χ0v) is 19.5. The average Bonchev–Trinajstić information content (AvgIpc) is 2.75. The molecule has 2 aromatic carbocycles. The Morgan fingerprint density at radius 2 is 1.82 bits per heavy atom. The van der Waals surface area contributed by atoms with Gasteiger partial charge >= 0.3 is 0 Å². The summed E-state index contributed by atoms with van der Waals surface area (Å²) in [5, 5.41) is 5.94. The van der Waals surface area contributed by atoms with Gasteiger partial charge in [0.1, 0.15) is 5.75 Å². The average molecular weight is 467 g/mol. The minimum Gasteiger partial charge on any atom is -0.497 e. The first-order valence-electron chi connectivity index (χ1n) is 10.3. The Hall–Kier alpha value is -3.59. The van der Waals surface area contributed by atoms with E-state index < -0.39 is 0 Å². The van der Waals surface area contributed by atoms with Crippen LogP contribution in [0.4, 0.5) is 5.69 Å². The molecular weight excluding hydrogens is 440 g/mol. The van der Waals surface area contributed by atoms with Crippen molar-refractivity contribution in [2.45, 2.75) is 32.0 Å². The van der Waals surface area contributed by atoms with Crippen LogP contribution in [0, 0.1) is 13.8 Å². The lowest BCUT2D eigenvalue weighted by Crippen LogP contribution is -2.26. The van der Waals surface area contributed by atoms with Gasteiger partial charge in [0.05, 0.1) is 25.0 Å². The molecule has 0 aliphatic heterocycles. The van der Waals surface area contributed by atoms with Crippen LogP contribution in [0.15, 0.2) is 58.5 Å². The van der Waals surface area contributed by atoms with E-state index >= 15 is 0 Å². The van der Waals surface area contributed by atoms with Gasteiger partial charge in [0.15, 0.2) is 5.16 Å². The van der Waals surface area contributed by atoms with Crippen LogP contribution in [0.25, 0.3) is 0 Å². The molecule has 33 heavy (non-hydrogen) atoms. The summed E-state index contributed by atoms with van der Waals surface area (Å²) in [5.41, 5.74) is 3.69. The summed E-state index contributed by atoms with van der Waals surface area (Å²) in [6, 6.07) is 14.5. The fourth-order valence-electron chi connectivity index (χ4n) is 3.23. The van der Waals surface area contributed by atoms with E-state index in [0.29, 0.717) is 18.0 Å². The molecule has 0 spiro atoms. The van der Waals surface area contributed by atoms with Crippen molar-refractivity contribution in [3.05, 3.63) is 81.3 Å². The maximum absolute atomic E-state index is 12.3. The summed E-state index contributed by atoms with van der Waals surface area (Å²) in [7, 11) is 1.58. The van der Waals surface area contributed by atoms with Crippen molar-refractivity contribution < 1.29 is 14.3 Å². The molecule has 3 aromatic rings. The van der Waals surface area contributed by atoms with Gasteiger partial charge in [0, 0.05) is 18.3 Å². The molecule has 1 aromatic heterocycles. The molecule has 3 N–H and O–H groups in total. The number of aromatic amines is 1. The molecule has 0 bridgehead atoms. The second-order valence-corrected chi connectivity index (χ2v) is 8.52. The minimum absolute atomic E-state index is 0.0454. The highest BCUT2D eigenvalue weighted by atomic mass is 32.2. The zero-order valence-electron chi connectivity index (χ0n) is 18.7. The quantitative estimate of drug-likeness (QED) is 0.330. The second-order valence-electron chi connectivity index (χ2n) is 7.56. The van der Waals surface area contributed by atoms with Crippen molar-refractivity contribution in [3.8, 4) is 5.75 Å². The molecule has 2 amide bonds. The number of thioether (sulfide) groups is 1. The van der Waals surface area contributed by atoms with E-state index in [2.05, 4.69) is 20.6 Å². The van der Waals surface area contributed by atoms with Crippen molar-refractivity contribution in [2.24, 2.45) is 0 Å².